The number of hydrogen-bond donors (Lipinski definition) is 0. The lowest BCUT2D eigenvalue weighted by Crippen LogP contribution is -2.10. The minimum atomic E-state index is -0.430. The maximum atomic E-state index is 11.9. The normalized spacial score (nSPS) is 12.0. The third-order valence-corrected chi connectivity index (χ3v) is 3.34. The largest absolute Gasteiger partial charge is 0.465 e. The Labute approximate surface area is 127 Å². The average Bonchev–Trinajstić information content (AvgIpc) is 2.43. The van der Waals surface area contributed by atoms with Crippen LogP contribution in [0.2, 0.25) is 0 Å². The molecule has 0 saturated heterocycles. The molecule has 0 amide bonds. The summed E-state index contributed by atoms with van der Waals surface area (Å²) in [5.41, 5.74) is 1.71. The molecule has 0 unspecified atom stereocenters. The molecule has 19 heavy (non-hydrogen) atoms. The van der Waals surface area contributed by atoms with Gasteiger partial charge in [0, 0.05) is 32.3 Å². The van der Waals surface area contributed by atoms with Gasteiger partial charge in [-0.25, -0.2) is 4.79 Å². The highest BCUT2D eigenvalue weighted by Crippen LogP contribution is 2.32. The summed E-state index contributed by atoms with van der Waals surface area (Å²) < 4.78 is 10.3. The fraction of sp³-hybridized carbons (Fsp3) is 0.0714. The quantitative estimate of drug-likeness (QED) is 0.420. The summed E-state index contributed by atoms with van der Waals surface area (Å²) in [6, 6.07) is 3.52. The van der Waals surface area contributed by atoms with Crippen LogP contribution in [0.3, 0.4) is 0 Å². The van der Waals surface area contributed by atoms with Crippen LogP contribution in [0.15, 0.2) is 30.5 Å². The summed E-state index contributed by atoms with van der Waals surface area (Å²) in [4.78, 5) is 11.9. The molecule has 0 spiro atoms. The van der Waals surface area contributed by atoms with E-state index < -0.39 is 5.97 Å². The number of fused-ring (bicyclic) bond motifs is 1. The van der Waals surface area contributed by atoms with Gasteiger partial charge >= 0.3 is 5.97 Å². The number of methoxy groups -OCH3 is 1. The van der Waals surface area contributed by atoms with Crippen LogP contribution in [0.1, 0.15) is 21.5 Å². The number of rotatable bonds is 1. The molecule has 96 valence electrons. The van der Waals surface area contributed by atoms with Crippen LogP contribution in [-0.4, -0.2) is 13.1 Å². The van der Waals surface area contributed by atoms with E-state index in [-0.39, 0.29) is 0 Å². The van der Waals surface area contributed by atoms with Gasteiger partial charge < -0.3 is 9.47 Å². The number of carbonyl (C=O) groups excluding carboxylic acids is 1. The summed E-state index contributed by atoms with van der Waals surface area (Å²) in [7, 11) is 2.70. The van der Waals surface area contributed by atoms with E-state index in [1.54, 1.807) is 24.3 Å². The monoisotopic (exact) mass is 384 g/mol. The molecule has 0 N–H and O–H groups in total. The minimum absolute atomic E-state index is 0.418. The Hall–Kier alpha value is -1.39. The molecule has 0 aromatic heterocycles. The van der Waals surface area contributed by atoms with E-state index in [0.29, 0.717) is 28.2 Å². The van der Waals surface area contributed by atoms with Crippen LogP contribution in [0.4, 0.5) is 0 Å². The molecule has 1 heterocycles. The first kappa shape index (κ1) is 14.0. The van der Waals surface area contributed by atoms with E-state index >= 15 is 0 Å². The van der Waals surface area contributed by atoms with Crippen molar-refractivity contribution in [3.8, 4) is 16.9 Å². The van der Waals surface area contributed by atoms with Crippen molar-refractivity contribution >= 4 is 42.2 Å². The van der Waals surface area contributed by atoms with E-state index in [1.807, 2.05) is 0 Å². The van der Waals surface area contributed by atoms with Crippen molar-refractivity contribution in [3.05, 3.63) is 47.2 Å². The number of halogens is 1. The lowest BCUT2D eigenvalue weighted by Gasteiger charge is -2.17. The van der Waals surface area contributed by atoms with Crippen LogP contribution in [0, 0.1) is 11.2 Å². The zero-order valence-corrected chi connectivity index (χ0v) is 13.0. The van der Waals surface area contributed by atoms with Crippen LogP contribution in [0.25, 0.3) is 6.08 Å². The molecule has 1 aliphatic heterocycles. The molecule has 1 aromatic carbocycles. The minimum Gasteiger partial charge on any atom is -0.465 e. The Morgan fingerprint density at radius 3 is 2.95 bits per heavy atom. The number of esters is 1. The predicted molar refractivity (Wildman–Crippen MR) is 85.1 cm³/mol. The molecule has 0 radical (unpaired) electrons. The van der Waals surface area contributed by atoms with Crippen molar-refractivity contribution in [2.45, 2.75) is 0 Å². The van der Waals surface area contributed by atoms with Crippen molar-refractivity contribution < 1.29 is 14.3 Å². The molecule has 2 rings (SSSR count). The summed E-state index contributed by atoms with van der Waals surface area (Å²) in [6.07, 6.45) is 3.49. The summed E-state index contributed by atoms with van der Waals surface area (Å²) in [5.74, 6) is 3.62. The first-order chi connectivity index (χ1) is 9.17. The molecule has 3 nitrogen and oxygen atoms in total. The van der Waals surface area contributed by atoms with Gasteiger partial charge in [0.15, 0.2) is 0 Å². The third kappa shape index (κ3) is 2.96. The molecule has 1 aliphatic rings. The number of carbonyl (C=O) groups is 1. The maximum absolute atomic E-state index is 11.9. The van der Waals surface area contributed by atoms with Crippen molar-refractivity contribution in [2.24, 2.45) is 0 Å². The van der Waals surface area contributed by atoms with Crippen molar-refractivity contribution in [3.63, 3.8) is 0 Å². The predicted octanol–water partition coefficient (Wildman–Crippen LogP) is 3.78. The summed E-state index contributed by atoms with van der Waals surface area (Å²) in [5, 5.41) is 2.86. The first-order valence-electron chi connectivity index (χ1n) is 5.26. The molecule has 1 aromatic rings. The smallest absolute Gasteiger partial charge is 0.339 e. The molecule has 0 atom stereocenters. The number of allylic oxidation sites excluding steroid dienone is 1. The van der Waals surface area contributed by atoms with Gasteiger partial charge in [0.05, 0.1) is 12.7 Å². The van der Waals surface area contributed by atoms with Gasteiger partial charge in [0.1, 0.15) is 11.5 Å². The van der Waals surface area contributed by atoms with Crippen molar-refractivity contribution in [1.82, 2.24) is 0 Å². The standard InChI is InChI=1S/C14H9IO3S/c1-9-3-5-11-12(18-9)6-4-10(7-8-19-15)13(11)14(16)17-2/h3-6H,1H2,2H3. The second-order valence-electron chi connectivity index (χ2n) is 3.60. The zero-order valence-electron chi connectivity index (χ0n) is 10.0. The maximum Gasteiger partial charge on any atom is 0.339 e. The van der Waals surface area contributed by atoms with Gasteiger partial charge in [0.2, 0.25) is 0 Å². The number of benzene rings is 1. The van der Waals surface area contributed by atoms with E-state index in [9.17, 15) is 4.79 Å². The van der Waals surface area contributed by atoms with Crippen LogP contribution >= 0.6 is 30.1 Å². The topological polar surface area (TPSA) is 35.5 Å². The van der Waals surface area contributed by atoms with Gasteiger partial charge in [-0.1, -0.05) is 12.5 Å². The number of ether oxygens (including phenoxy) is 2. The first-order valence-corrected chi connectivity index (χ1v) is 8.62. The van der Waals surface area contributed by atoms with E-state index in [2.05, 4.69) is 39.0 Å². The third-order valence-electron chi connectivity index (χ3n) is 2.50. The van der Waals surface area contributed by atoms with Crippen molar-refractivity contribution in [2.75, 3.05) is 7.11 Å². The molecule has 5 heteroatoms. The fourth-order valence-electron chi connectivity index (χ4n) is 1.71. The Balaban J connectivity index is 2.64. The molecular formula is C14H9IO3S. The SMILES string of the molecule is C=C1C=Cc2c(ccc(C#CSI)c2C(=O)OC)O1. The van der Waals surface area contributed by atoms with Gasteiger partial charge in [-0.3, -0.25) is 0 Å². The lowest BCUT2D eigenvalue weighted by atomic mass is 9.98. The van der Waals surface area contributed by atoms with Crippen LogP contribution in [-0.2, 0) is 4.74 Å². The highest BCUT2D eigenvalue weighted by molar-refractivity contribution is 14.2. The van der Waals surface area contributed by atoms with E-state index in [4.69, 9.17) is 9.47 Å². The highest BCUT2D eigenvalue weighted by atomic mass is 127. The van der Waals surface area contributed by atoms with Gasteiger partial charge in [0.25, 0.3) is 0 Å². The molecule has 0 fully saturated rings. The highest BCUT2D eigenvalue weighted by Gasteiger charge is 2.21. The van der Waals surface area contributed by atoms with E-state index in [1.165, 1.54) is 16.0 Å². The average molecular weight is 384 g/mol. The fourth-order valence-corrected chi connectivity index (χ4v) is 2.19. The van der Waals surface area contributed by atoms with Crippen LogP contribution < -0.4 is 4.74 Å². The zero-order chi connectivity index (χ0) is 13.8. The second kappa shape index (κ2) is 6.17. The Morgan fingerprint density at radius 1 is 1.47 bits per heavy atom. The number of hydrogen-bond acceptors (Lipinski definition) is 4. The Kier molecular flexibility index (Phi) is 4.56. The Morgan fingerprint density at radius 2 is 2.26 bits per heavy atom. The van der Waals surface area contributed by atoms with Gasteiger partial charge in [-0.2, -0.15) is 0 Å². The van der Waals surface area contributed by atoms with Gasteiger partial charge in [-0.15, -0.1) is 0 Å². The Bertz CT molecular complexity index is 638. The summed E-state index contributed by atoms with van der Waals surface area (Å²) in [6.45, 7) is 3.72. The lowest BCUT2D eigenvalue weighted by molar-refractivity contribution is 0.0599. The molecular weight excluding hydrogens is 375 g/mol. The van der Waals surface area contributed by atoms with Gasteiger partial charge in [-0.05, 0) is 38.5 Å². The molecule has 0 aliphatic carbocycles. The van der Waals surface area contributed by atoms with E-state index in [0.717, 1.165) is 0 Å². The van der Waals surface area contributed by atoms with Crippen molar-refractivity contribution in [1.29, 1.82) is 0 Å². The molecule has 0 saturated carbocycles. The second-order valence-corrected chi connectivity index (χ2v) is 5.28. The van der Waals surface area contributed by atoms with Crippen LogP contribution in [0.5, 0.6) is 5.75 Å². The molecule has 0 bridgehead atoms. The summed E-state index contributed by atoms with van der Waals surface area (Å²) >= 11 is 2.08.